The molecule has 2 saturated heterocycles. The molecular formula is C40H38Cl2N6O6. The van der Waals surface area contributed by atoms with E-state index in [-0.39, 0.29) is 11.1 Å². The summed E-state index contributed by atoms with van der Waals surface area (Å²) in [5.74, 6) is -2.39. The fourth-order valence-corrected chi connectivity index (χ4v) is 8.62. The fraction of sp³-hybridized carbons (Fsp3) is 0.300. The number of aliphatic carboxylic acids is 2. The molecule has 54 heavy (non-hydrogen) atoms. The number of rotatable bonds is 9. The Bertz CT molecular complexity index is 2440. The molecule has 6 heterocycles. The lowest BCUT2D eigenvalue weighted by atomic mass is 9.97. The molecule has 2 aromatic carbocycles. The van der Waals surface area contributed by atoms with Crippen molar-refractivity contribution in [1.29, 1.82) is 0 Å². The third kappa shape index (κ3) is 6.32. The van der Waals surface area contributed by atoms with E-state index in [9.17, 15) is 29.4 Å². The molecule has 0 bridgehead atoms. The van der Waals surface area contributed by atoms with Crippen LogP contribution >= 0.6 is 23.2 Å². The lowest BCUT2D eigenvalue weighted by molar-refractivity contribution is -0.142. The first-order valence-electron chi connectivity index (χ1n) is 17.8. The van der Waals surface area contributed by atoms with Crippen molar-refractivity contribution >= 4 is 46.2 Å². The Morgan fingerprint density at radius 1 is 0.648 bits per heavy atom. The average molecular weight is 770 g/mol. The second-order valence-electron chi connectivity index (χ2n) is 14.5. The molecule has 2 atom stereocenters. The van der Waals surface area contributed by atoms with Gasteiger partial charge in [0, 0.05) is 98.4 Å². The molecule has 14 heteroatoms. The minimum absolute atomic E-state index is 0.166. The monoisotopic (exact) mass is 768 g/mol. The van der Waals surface area contributed by atoms with Crippen LogP contribution in [0.3, 0.4) is 0 Å². The normalized spacial score (nSPS) is 18.0. The third-order valence-electron chi connectivity index (χ3n) is 11.1. The predicted molar refractivity (Wildman–Crippen MR) is 207 cm³/mol. The van der Waals surface area contributed by atoms with Crippen LogP contribution < -0.4 is 11.1 Å². The molecular weight excluding hydrogens is 731 g/mol. The van der Waals surface area contributed by atoms with Gasteiger partial charge in [0.2, 0.25) is 0 Å². The second kappa shape index (κ2) is 13.9. The summed E-state index contributed by atoms with van der Waals surface area (Å²) in [5.41, 5.74) is 6.58. The van der Waals surface area contributed by atoms with Crippen LogP contribution in [0.5, 0.6) is 0 Å². The fourth-order valence-electron chi connectivity index (χ4n) is 7.94. The number of carboxylic acids is 2. The summed E-state index contributed by atoms with van der Waals surface area (Å²) >= 11 is 14.3. The zero-order valence-corrected chi connectivity index (χ0v) is 31.2. The Labute approximate surface area is 319 Å². The van der Waals surface area contributed by atoms with Gasteiger partial charge in [-0.3, -0.25) is 29.0 Å². The zero-order chi connectivity index (χ0) is 38.0. The van der Waals surface area contributed by atoms with Gasteiger partial charge in [-0.2, -0.15) is 0 Å². The first kappa shape index (κ1) is 35.9. The molecule has 2 N–H and O–H groups in total. The highest BCUT2D eigenvalue weighted by Crippen LogP contribution is 2.43. The standard InChI is InChI=1S/C40H38Cl2N6O6/c1-43-27(19-45-11-9-23(15-45)39(51)52)21-47-17-25(13-33(47)37(43)49)29-5-3-7-31(35(29)41)32-8-4-6-30(36(32)42)26-14-34-38(50)44(2)28(22-48(34)18-26)20-46-12-10-24(16-46)40(53)54/h3-8,13-14,17-18,21-24H,9-12,15-16,19-20H2,1-2H3,(H,51,52)(H,53,54)/t23-,24-/m0/s1. The maximum Gasteiger partial charge on any atom is 0.307 e. The van der Waals surface area contributed by atoms with Crippen LogP contribution in [-0.2, 0) is 36.8 Å². The summed E-state index contributed by atoms with van der Waals surface area (Å²) in [7, 11) is 3.46. The van der Waals surface area contributed by atoms with E-state index in [4.69, 9.17) is 23.2 Å². The van der Waals surface area contributed by atoms with Crippen LogP contribution in [0.2, 0.25) is 10.0 Å². The lowest BCUT2D eigenvalue weighted by Gasteiger charge is -2.17. The van der Waals surface area contributed by atoms with E-state index in [1.165, 1.54) is 0 Å². The van der Waals surface area contributed by atoms with E-state index in [0.717, 1.165) is 33.6 Å². The lowest BCUT2D eigenvalue weighted by Crippen LogP contribution is -2.28. The molecule has 12 nitrogen and oxygen atoms in total. The minimum atomic E-state index is -0.794. The smallest absolute Gasteiger partial charge is 0.307 e. The van der Waals surface area contributed by atoms with Gasteiger partial charge in [-0.1, -0.05) is 59.6 Å². The number of fused-ring (bicyclic) bond motifs is 2. The number of benzene rings is 2. The summed E-state index contributed by atoms with van der Waals surface area (Å²) in [5, 5.41) is 19.8. The van der Waals surface area contributed by atoms with Gasteiger partial charge in [-0.05, 0) is 38.1 Å². The summed E-state index contributed by atoms with van der Waals surface area (Å²) in [6.45, 7) is 3.13. The number of hydrogen-bond donors (Lipinski definition) is 2. The van der Waals surface area contributed by atoms with E-state index in [1.807, 2.05) is 73.3 Å². The van der Waals surface area contributed by atoms with Crippen molar-refractivity contribution < 1.29 is 19.8 Å². The van der Waals surface area contributed by atoms with Crippen LogP contribution in [-0.4, -0.2) is 76.1 Å². The molecule has 6 aromatic rings. The highest BCUT2D eigenvalue weighted by atomic mass is 35.5. The maximum atomic E-state index is 13.5. The molecule has 8 rings (SSSR count). The molecule has 2 aliphatic heterocycles. The maximum absolute atomic E-state index is 13.5. The van der Waals surface area contributed by atoms with Gasteiger partial charge in [-0.25, -0.2) is 0 Å². The molecule has 0 aliphatic carbocycles. The Hall–Kier alpha value is -5.14. The Morgan fingerprint density at radius 3 is 1.41 bits per heavy atom. The molecule has 2 aliphatic rings. The number of carboxylic acid groups (broad SMARTS) is 2. The summed E-state index contributed by atoms with van der Waals surface area (Å²) in [6, 6.07) is 15.0. The van der Waals surface area contributed by atoms with E-state index in [2.05, 4.69) is 9.80 Å². The summed E-state index contributed by atoms with van der Waals surface area (Å²) in [4.78, 5) is 54.1. The number of nitrogens with zero attached hydrogens (tertiary/aromatic N) is 6. The molecule has 0 spiro atoms. The minimum Gasteiger partial charge on any atom is -0.481 e. The van der Waals surface area contributed by atoms with Gasteiger partial charge in [0.05, 0.1) is 33.3 Å². The average Bonchev–Trinajstić information content (AvgIpc) is 3.97. The molecule has 278 valence electrons. The largest absolute Gasteiger partial charge is 0.481 e. The molecule has 0 amide bonds. The SMILES string of the molecule is Cn1c(CN2CC[C@H](C(=O)O)C2)cn2cc(-c3cccc(-c4cccc(-c5cc6c(=O)n(C)c(CN7CC[C@H](C(=O)O)C7)cn6c5)c4Cl)c3Cl)cc2c1=O. The van der Waals surface area contributed by atoms with E-state index >= 15 is 0 Å². The predicted octanol–water partition coefficient (Wildman–Crippen LogP) is 5.71. The number of hydrogen-bond acceptors (Lipinski definition) is 6. The molecule has 2 fully saturated rings. The highest BCUT2D eigenvalue weighted by molar-refractivity contribution is 6.39. The van der Waals surface area contributed by atoms with Crippen molar-refractivity contribution in [2.75, 3.05) is 26.2 Å². The van der Waals surface area contributed by atoms with Crippen molar-refractivity contribution in [2.24, 2.45) is 25.9 Å². The third-order valence-corrected chi connectivity index (χ3v) is 11.9. The van der Waals surface area contributed by atoms with Crippen molar-refractivity contribution in [1.82, 2.24) is 27.7 Å². The number of likely N-dealkylation sites (tertiary alicyclic amines) is 2. The topological polar surface area (TPSA) is 134 Å². The summed E-state index contributed by atoms with van der Waals surface area (Å²) < 4.78 is 6.84. The zero-order valence-electron chi connectivity index (χ0n) is 29.7. The number of halogens is 2. The highest BCUT2D eigenvalue weighted by Gasteiger charge is 2.30. The van der Waals surface area contributed by atoms with Gasteiger partial charge in [0.15, 0.2) is 0 Å². The first-order chi connectivity index (χ1) is 25.9. The Kier molecular flexibility index (Phi) is 9.25. The Morgan fingerprint density at radius 2 is 1.04 bits per heavy atom. The van der Waals surface area contributed by atoms with Crippen molar-refractivity contribution in [3.8, 4) is 33.4 Å². The van der Waals surface area contributed by atoms with Crippen LogP contribution in [0.25, 0.3) is 44.4 Å². The first-order valence-corrected chi connectivity index (χ1v) is 18.5. The van der Waals surface area contributed by atoms with Crippen LogP contribution in [0.1, 0.15) is 24.2 Å². The molecule has 0 saturated carbocycles. The van der Waals surface area contributed by atoms with Gasteiger partial charge in [0.25, 0.3) is 11.1 Å². The van der Waals surface area contributed by atoms with E-state index in [0.29, 0.717) is 84.3 Å². The van der Waals surface area contributed by atoms with Gasteiger partial charge >= 0.3 is 11.9 Å². The Balaban J connectivity index is 1.10. The summed E-state index contributed by atoms with van der Waals surface area (Å²) in [6.07, 6.45) is 8.74. The van der Waals surface area contributed by atoms with Crippen LogP contribution in [0.4, 0.5) is 0 Å². The van der Waals surface area contributed by atoms with Crippen LogP contribution in [0.15, 0.2) is 82.9 Å². The quantitative estimate of drug-likeness (QED) is 0.191. The van der Waals surface area contributed by atoms with E-state index < -0.39 is 23.8 Å². The molecule has 4 aromatic heterocycles. The number of aromatic nitrogens is 4. The van der Waals surface area contributed by atoms with Crippen molar-refractivity contribution in [2.45, 2.75) is 25.9 Å². The van der Waals surface area contributed by atoms with Gasteiger partial charge < -0.3 is 28.1 Å². The molecule has 0 unspecified atom stereocenters. The van der Waals surface area contributed by atoms with Gasteiger partial charge in [-0.15, -0.1) is 0 Å². The van der Waals surface area contributed by atoms with Crippen molar-refractivity contribution in [3.05, 3.63) is 115 Å². The second-order valence-corrected chi connectivity index (χ2v) is 15.2. The van der Waals surface area contributed by atoms with Gasteiger partial charge in [0.1, 0.15) is 11.0 Å². The number of carbonyl (C=O) groups is 2. The van der Waals surface area contributed by atoms with E-state index in [1.54, 1.807) is 32.0 Å². The van der Waals surface area contributed by atoms with Crippen LogP contribution in [0, 0.1) is 11.8 Å². The van der Waals surface area contributed by atoms with Crippen molar-refractivity contribution in [3.63, 3.8) is 0 Å². The molecule has 0 radical (unpaired) electrons.